The van der Waals surface area contributed by atoms with E-state index in [0.29, 0.717) is 12.0 Å². The lowest BCUT2D eigenvalue weighted by Crippen LogP contribution is -2.00. The Hall–Kier alpha value is -1.51. The van der Waals surface area contributed by atoms with E-state index in [2.05, 4.69) is 16.9 Å². The number of unbranched alkanes of at least 4 members (excludes halogenated alkanes) is 1. The van der Waals surface area contributed by atoms with Crippen LogP contribution in [0.1, 0.15) is 36.5 Å². The van der Waals surface area contributed by atoms with Gasteiger partial charge in [-0.05, 0) is 18.6 Å². The maximum absolute atomic E-state index is 11.5. The van der Waals surface area contributed by atoms with Crippen molar-refractivity contribution in [3.8, 4) is 0 Å². The zero-order valence-electron chi connectivity index (χ0n) is 9.02. The normalized spacial score (nSPS) is 10.7. The van der Waals surface area contributed by atoms with Crippen LogP contribution in [0.5, 0.6) is 0 Å². The first-order valence-electron chi connectivity index (χ1n) is 5.26. The number of aromatic nitrogens is 1. The Morgan fingerprint density at radius 3 is 3.13 bits per heavy atom. The summed E-state index contributed by atoms with van der Waals surface area (Å²) < 4.78 is 0. The minimum Gasteiger partial charge on any atom is -0.297 e. The van der Waals surface area contributed by atoms with Gasteiger partial charge in [-0.3, -0.25) is 14.8 Å². The van der Waals surface area contributed by atoms with Gasteiger partial charge in [-0.2, -0.15) is 0 Å². The summed E-state index contributed by atoms with van der Waals surface area (Å²) in [6, 6.07) is 3.54. The van der Waals surface area contributed by atoms with Crippen molar-refractivity contribution in [2.75, 3.05) is 6.54 Å². The average Bonchev–Trinajstić information content (AvgIpc) is 2.30. The highest BCUT2D eigenvalue weighted by atomic mass is 16.1. The number of hydrogen-bond donors (Lipinski definition) is 0. The van der Waals surface area contributed by atoms with E-state index < -0.39 is 0 Å². The van der Waals surface area contributed by atoms with Crippen molar-refractivity contribution >= 4 is 12.0 Å². The van der Waals surface area contributed by atoms with Crippen LogP contribution in [0, 0.1) is 0 Å². The molecule has 0 atom stereocenters. The molecule has 0 saturated carbocycles. The molecule has 80 valence electrons. The summed E-state index contributed by atoms with van der Waals surface area (Å²) >= 11 is 0. The summed E-state index contributed by atoms with van der Waals surface area (Å²) in [5.41, 5.74) is 0.652. The quantitative estimate of drug-likeness (QED) is 0.406. The number of Topliss-reactive ketones (excluding diaryl/α,β-unsaturated/α-hetero) is 1. The maximum atomic E-state index is 11.5. The minimum absolute atomic E-state index is 0.0725. The van der Waals surface area contributed by atoms with Crippen LogP contribution in [0.15, 0.2) is 29.5 Å². The van der Waals surface area contributed by atoms with Gasteiger partial charge in [0.25, 0.3) is 0 Å². The van der Waals surface area contributed by atoms with E-state index in [0.717, 1.165) is 19.4 Å². The van der Waals surface area contributed by atoms with Gasteiger partial charge in [-0.1, -0.05) is 13.3 Å². The molecule has 1 rings (SSSR count). The van der Waals surface area contributed by atoms with E-state index in [4.69, 9.17) is 0 Å². The SMILES string of the molecule is CCCCN=CCC(=O)c1cccnc1. The third-order valence-corrected chi connectivity index (χ3v) is 2.03. The molecular weight excluding hydrogens is 188 g/mol. The van der Waals surface area contributed by atoms with Crippen LogP contribution in [-0.4, -0.2) is 23.5 Å². The van der Waals surface area contributed by atoms with Crippen LogP contribution in [-0.2, 0) is 0 Å². The molecule has 0 bridgehead atoms. The molecule has 3 heteroatoms. The fraction of sp³-hybridized carbons (Fsp3) is 0.417. The molecule has 1 aromatic rings. The first-order valence-corrected chi connectivity index (χ1v) is 5.26. The standard InChI is InChI=1S/C12H16N2O/c1-2-3-7-13-9-6-12(15)11-5-4-8-14-10-11/h4-5,8-10H,2-3,6-7H2,1H3. The van der Waals surface area contributed by atoms with Gasteiger partial charge in [0, 0.05) is 37.1 Å². The minimum atomic E-state index is 0.0725. The largest absolute Gasteiger partial charge is 0.297 e. The molecule has 0 aliphatic carbocycles. The van der Waals surface area contributed by atoms with Gasteiger partial charge in [0.05, 0.1) is 0 Å². The number of aliphatic imine (C=N–C) groups is 1. The van der Waals surface area contributed by atoms with Crippen molar-refractivity contribution in [2.24, 2.45) is 4.99 Å². The van der Waals surface area contributed by atoms with Gasteiger partial charge < -0.3 is 0 Å². The van der Waals surface area contributed by atoms with Crippen molar-refractivity contribution in [2.45, 2.75) is 26.2 Å². The molecule has 0 aliphatic rings. The smallest absolute Gasteiger partial charge is 0.169 e. The Morgan fingerprint density at radius 1 is 1.60 bits per heavy atom. The van der Waals surface area contributed by atoms with E-state index in [1.54, 1.807) is 30.7 Å². The second-order valence-electron chi connectivity index (χ2n) is 3.31. The van der Waals surface area contributed by atoms with E-state index in [-0.39, 0.29) is 5.78 Å². The second kappa shape index (κ2) is 6.87. The number of carbonyl (C=O) groups excluding carboxylic acids is 1. The molecule has 0 unspecified atom stereocenters. The lowest BCUT2D eigenvalue weighted by Gasteiger charge is -1.95. The Balaban J connectivity index is 2.34. The first kappa shape index (κ1) is 11.6. The lowest BCUT2D eigenvalue weighted by molar-refractivity contribution is 0.100. The van der Waals surface area contributed by atoms with Crippen molar-refractivity contribution in [3.63, 3.8) is 0 Å². The van der Waals surface area contributed by atoms with Gasteiger partial charge >= 0.3 is 0 Å². The maximum Gasteiger partial charge on any atom is 0.169 e. The van der Waals surface area contributed by atoms with E-state index in [1.807, 2.05) is 0 Å². The van der Waals surface area contributed by atoms with Gasteiger partial charge in [0.2, 0.25) is 0 Å². The zero-order chi connectivity index (χ0) is 10.9. The average molecular weight is 204 g/mol. The highest BCUT2D eigenvalue weighted by molar-refractivity contribution is 6.03. The fourth-order valence-corrected chi connectivity index (χ4v) is 1.13. The van der Waals surface area contributed by atoms with Crippen LogP contribution in [0.25, 0.3) is 0 Å². The molecule has 15 heavy (non-hydrogen) atoms. The van der Waals surface area contributed by atoms with E-state index >= 15 is 0 Å². The number of ketones is 1. The molecule has 0 spiro atoms. The Labute approximate surface area is 90.3 Å². The molecule has 0 fully saturated rings. The Bertz CT molecular complexity index is 320. The van der Waals surface area contributed by atoms with Gasteiger partial charge in [-0.15, -0.1) is 0 Å². The second-order valence-corrected chi connectivity index (χ2v) is 3.31. The molecule has 0 amide bonds. The summed E-state index contributed by atoms with van der Waals surface area (Å²) in [5, 5.41) is 0. The lowest BCUT2D eigenvalue weighted by atomic mass is 10.1. The van der Waals surface area contributed by atoms with E-state index in [9.17, 15) is 4.79 Å². The van der Waals surface area contributed by atoms with Crippen LogP contribution >= 0.6 is 0 Å². The molecule has 0 aliphatic heterocycles. The third kappa shape index (κ3) is 4.49. The molecule has 0 N–H and O–H groups in total. The topological polar surface area (TPSA) is 42.3 Å². The van der Waals surface area contributed by atoms with E-state index in [1.165, 1.54) is 0 Å². The Kier molecular flexibility index (Phi) is 5.30. The van der Waals surface area contributed by atoms with Crippen LogP contribution < -0.4 is 0 Å². The predicted molar refractivity (Wildman–Crippen MR) is 61.5 cm³/mol. The molecule has 0 saturated heterocycles. The predicted octanol–water partition coefficient (Wildman–Crippen LogP) is 2.53. The highest BCUT2D eigenvalue weighted by Gasteiger charge is 2.02. The van der Waals surface area contributed by atoms with Crippen molar-refractivity contribution in [1.29, 1.82) is 0 Å². The van der Waals surface area contributed by atoms with Gasteiger partial charge in [-0.25, -0.2) is 0 Å². The highest BCUT2D eigenvalue weighted by Crippen LogP contribution is 1.99. The van der Waals surface area contributed by atoms with Crippen molar-refractivity contribution in [1.82, 2.24) is 4.98 Å². The molecule has 0 radical (unpaired) electrons. The molecule has 1 aromatic heterocycles. The molecule has 0 aromatic carbocycles. The van der Waals surface area contributed by atoms with Gasteiger partial charge in [0.1, 0.15) is 0 Å². The number of nitrogens with zero attached hydrogens (tertiary/aromatic N) is 2. The van der Waals surface area contributed by atoms with Crippen LogP contribution in [0.2, 0.25) is 0 Å². The van der Waals surface area contributed by atoms with Gasteiger partial charge in [0.15, 0.2) is 5.78 Å². The fourth-order valence-electron chi connectivity index (χ4n) is 1.13. The molecule has 3 nitrogen and oxygen atoms in total. The number of rotatable bonds is 6. The number of hydrogen-bond acceptors (Lipinski definition) is 3. The van der Waals surface area contributed by atoms with Crippen molar-refractivity contribution in [3.05, 3.63) is 30.1 Å². The summed E-state index contributed by atoms with van der Waals surface area (Å²) in [6.45, 7) is 2.94. The third-order valence-electron chi connectivity index (χ3n) is 2.03. The van der Waals surface area contributed by atoms with Crippen LogP contribution in [0.3, 0.4) is 0 Å². The number of pyridine rings is 1. The summed E-state index contributed by atoms with van der Waals surface area (Å²) in [6.07, 6.45) is 7.53. The summed E-state index contributed by atoms with van der Waals surface area (Å²) in [4.78, 5) is 19.6. The Morgan fingerprint density at radius 2 is 2.47 bits per heavy atom. The zero-order valence-corrected chi connectivity index (χ0v) is 9.02. The molecular formula is C12H16N2O. The van der Waals surface area contributed by atoms with Crippen molar-refractivity contribution < 1.29 is 4.79 Å². The first-order chi connectivity index (χ1) is 7.34. The van der Waals surface area contributed by atoms with Crippen LogP contribution in [0.4, 0.5) is 0 Å². The molecule has 1 heterocycles. The summed E-state index contributed by atoms with van der Waals surface area (Å²) in [5.74, 6) is 0.0725. The number of carbonyl (C=O) groups is 1. The summed E-state index contributed by atoms with van der Waals surface area (Å²) in [7, 11) is 0. The monoisotopic (exact) mass is 204 g/mol.